The van der Waals surface area contributed by atoms with Crippen LogP contribution in [0.2, 0.25) is 0 Å². The normalized spacial score (nSPS) is 8.75. The Kier molecular flexibility index (Phi) is 4.60. The second-order valence-electron chi connectivity index (χ2n) is 1.94. The van der Waals surface area contributed by atoms with Crippen LogP contribution < -0.4 is 24.0 Å². The zero-order valence-corrected chi connectivity index (χ0v) is 6.65. The van der Waals surface area contributed by atoms with E-state index in [2.05, 4.69) is 4.98 Å². The minimum atomic E-state index is -1.32. The van der Waals surface area contributed by atoms with Crippen LogP contribution in [-0.2, 0) is 6.61 Å². The molecule has 0 saturated heterocycles. The van der Waals surface area contributed by atoms with E-state index in [4.69, 9.17) is 5.11 Å². The summed E-state index contributed by atoms with van der Waals surface area (Å²) in [5.41, 5.74) is 0.0718. The van der Waals surface area contributed by atoms with Crippen molar-refractivity contribution in [2.75, 3.05) is 0 Å². The van der Waals surface area contributed by atoms with Crippen molar-refractivity contribution in [1.29, 1.82) is 0 Å². The summed E-state index contributed by atoms with van der Waals surface area (Å²) in [6, 6.07) is 2.82. The number of carbonyl (C=O) groups is 1. The molecule has 0 aromatic carbocycles. The van der Waals surface area contributed by atoms with Gasteiger partial charge in [-0.2, -0.15) is 0 Å². The average Bonchev–Trinajstić information content (AvgIpc) is 2.04. The summed E-state index contributed by atoms with van der Waals surface area (Å²) in [6.07, 6.45) is 1.41. The fraction of sp³-hybridized carbons (Fsp3) is 0.143. The fourth-order valence-electron chi connectivity index (χ4n) is 0.750. The molecular formula is C7H6LiNO3. The van der Waals surface area contributed by atoms with Gasteiger partial charge in [-0.05, 0) is 12.1 Å². The summed E-state index contributed by atoms with van der Waals surface area (Å²) in [6.45, 7) is -0.385. The molecule has 0 bridgehead atoms. The number of aliphatic hydroxyl groups is 1. The number of carboxylic acid groups (broad SMARTS) is 1. The number of aromatic carboxylic acids is 1. The van der Waals surface area contributed by atoms with Crippen molar-refractivity contribution in [3.05, 3.63) is 29.6 Å². The van der Waals surface area contributed by atoms with Gasteiger partial charge in [-0.25, -0.2) is 0 Å². The maximum Gasteiger partial charge on any atom is 1.00 e. The van der Waals surface area contributed by atoms with Crippen LogP contribution in [0.3, 0.4) is 0 Å². The predicted molar refractivity (Wildman–Crippen MR) is 34.5 cm³/mol. The van der Waals surface area contributed by atoms with Gasteiger partial charge in [0.25, 0.3) is 0 Å². The minimum Gasteiger partial charge on any atom is -0.545 e. The van der Waals surface area contributed by atoms with E-state index in [1.165, 1.54) is 18.3 Å². The summed E-state index contributed by atoms with van der Waals surface area (Å²) in [4.78, 5) is 14.0. The maximum absolute atomic E-state index is 10.3. The SMILES string of the molecule is O=C([O-])c1cccnc1CO.[Li+]. The molecule has 1 rings (SSSR count). The Balaban J connectivity index is 0.00000121. The van der Waals surface area contributed by atoms with E-state index in [0.29, 0.717) is 0 Å². The molecule has 1 aromatic heterocycles. The van der Waals surface area contributed by atoms with Gasteiger partial charge in [-0.3, -0.25) is 4.98 Å². The van der Waals surface area contributed by atoms with Crippen molar-refractivity contribution in [1.82, 2.24) is 4.98 Å². The van der Waals surface area contributed by atoms with Crippen LogP contribution in [0.4, 0.5) is 0 Å². The van der Waals surface area contributed by atoms with E-state index < -0.39 is 5.97 Å². The van der Waals surface area contributed by atoms with Crippen LogP contribution in [-0.4, -0.2) is 16.1 Å². The van der Waals surface area contributed by atoms with Gasteiger partial charge in [0.2, 0.25) is 0 Å². The largest absolute Gasteiger partial charge is 1.00 e. The van der Waals surface area contributed by atoms with Gasteiger partial charge in [-0.15, -0.1) is 0 Å². The summed E-state index contributed by atoms with van der Waals surface area (Å²) in [5.74, 6) is -1.32. The third kappa shape index (κ3) is 2.34. The van der Waals surface area contributed by atoms with Crippen LogP contribution >= 0.6 is 0 Å². The molecule has 12 heavy (non-hydrogen) atoms. The second-order valence-corrected chi connectivity index (χ2v) is 1.94. The van der Waals surface area contributed by atoms with E-state index in [0.717, 1.165) is 0 Å². The first kappa shape index (κ1) is 11.2. The predicted octanol–water partition coefficient (Wildman–Crippen LogP) is -4.06. The molecule has 0 aliphatic heterocycles. The standard InChI is InChI=1S/C7H7NO3.Li/c9-4-6-5(7(10)11)2-1-3-8-6;/h1-3,9H,4H2,(H,10,11);/q;+1/p-1. The number of rotatable bonds is 2. The molecule has 0 atom stereocenters. The summed E-state index contributed by atoms with van der Waals surface area (Å²) in [5, 5.41) is 18.9. The number of hydrogen-bond donors (Lipinski definition) is 1. The third-order valence-electron chi connectivity index (χ3n) is 1.26. The van der Waals surface area contributed by atoms with Gasteiger partial charge in [0.1, 0.15) is 0 Å². The molecule has 58 valence electrons. The summed E-state index contributed by atoms with van der Waals surface area (Å²) in [7, 11) is 0. The first-order valence-electron chi connectivity index (χ1n) is 3.02. The van der Waals surface area contributed by atoms with E-state index in [1.54, 1.807) is 0 Å². The molecule has 0 aliphatic carbocycles. The van der Waals surface area contributed by atoms with Crippen molar-refractivity contribution in [3.63, 3.8) is 0 Å². The maximum atomic E-state index is 10.3. The summed E-state index contributed by atoms with van der Waals surface area (Å²) < 4.78 is 0. The third-order valence-corrected chi connectivity index (χ3v) is 1.26. The van der Waals surface area contributed by atoms with E-state index >= 15 is 0 Å². The molecule has 0 aliphatic rings. The van der Waals surface area contributed by atoms with Gasteiger partial charge < -0.3 is 15.0 Å². The Hall–Kier alpha value is -0.823. The number of nitrogens with zero attached hydrogens (tertiary/aromatic N) is 1. The van der Waals surface area contributed by atoms with Gasteiger partial charge in [0, 0.05) is 11.8 Å². The van der Waals surface area contributed by atoms with Gasteiger partial charge in [0.05, 0.1) is 18.3 Å². The molecule has 0 unspecified atom stereocenters. The number of aromatic nitrogens is 1. The van der Waals surface area contributed by atoms with Crippen molar-refractivity contribution in [2.45, 2.75) is 6.61 Å². The Bertz CT molecular complexity index is 277. The van der Waals surface area contributed by atoms with Crippen molar-refractivity contribution in [2.24, 2.45) is 0 Å². The summed E-state index contributed by atoms with van der Waals surface area (Å²) >= 11 is 0. The van der Waals surface area contributed by atoms with Crippen molar-refractivity contribution >= 4 is 5.97 Å². The number of pyridine rings is 1. The number of carboxylic acids is 1. The fourth-order valence-corrected chi connectivity index (χ4v) is 0.750. The van der Waals surface area contributed by atoms with Crippen LogP contribution in [0.1, 0.15) is 16.1 Å². The molecule has 0 amide bonds. The molecule has 1 aromatic rings. The molecule has 1 heterocycles. The Labute approximate surface area is 81.4 Å². The topological polar surface area (TPSA) is 73.2 Å². The molecular weight excluding hydrogens is 153 g/mol. The van der Waals surface area contributed by atoms with E-state index in [1.807, 2.05) is 0 Å². The Morgan fingerprint density at radius 3 is 2.75 bits per heavy atom. The van der Waals surface area contributed by atoms with Crippen LogP contribution in [0.5, 0.6) is 0 Å². The van der Waals surface area contributed by atoms with Crippen LogP contribution in [0, 0.1) is 0 Å². The quantitative estimate of drug-likeness (QED) is 0.445. The number of hydrogen-bond acceptors (Lipinski definition) is 4. The minimum absolute atomic E-state index is 0. The molecule has 1 N–H and O–H groups in total. The van der Waals surface area contributed by atoms with Crippen molar-refractivity contribution < 1.29 is 33.9 Å². The molecule has 0 radical (unpaired) electrons. The Morgan fingerprint density at radius 2 is 2.33 bits per heavy atom. The van der Waals surface area contributed by atoms with E-state index in [9.17, 15) is 9.90 Å². The first-order chi connectivity index (χ1) is 5.25. The average molecular weight is 159 g/mol. The van der Waals surface area contributed by atoms with E-state index in [-0.39, 0.29) is 36.7 Å². The van der Waals surface area contributed by atoms with Crippen LogP contribution in [0.25, 0.3) is 0 Å². The Morgan fingerprint density at radius 1 is 1.67 bits per heavy atom. The number of aliphatic hydroxyl groups excluding tert-OH is 1. The first-order valence-corrected chi connectivity index (χ1v) is 3.02. The number of carbonyl (C=O) groups excluding carboxylic acids is 1. The zero-order chi connectivity index (χ0) is 8.27. The second kappa shape index (κ2) is 4.94. The molecule has 0 spiro atoms. The van der Waals surface area contributed by atoms with Gasteiger partial charge in [-0.1, -0.05) is 0 Å². The molecule has 0 fully saturated rings. The zero-order valence-electron chi connectivity index (χ0n) is 6.65. The monoisotopic (exact) mass is 159 g/mol. The van der Waals surface area contributed by atoms with Gasteiger partial charge in [0.15, 0.2) is 0 Å². The molecule has 4 nitrogen and oxygen atoms in total. The van der Waals surface area contributed by atoms with Crippen molar-refractivity contribution in [3.8, 4) is 0 Å². The van der Waals surface area contributed by atoms with Gasteiger partial charge >= 0.3 is 18.9 Å². The molecule has 0 saturated carbocycles. The van der Waals surface area contributed by atoms with Crippen LogP contribution in [0.15, 0.2) is 18.3 Å². The smallest absolute Gasteiger partial charge is 0.545 e. The molecule has 5 heteroatoms.